The number of thiazole rings is 1. The summed E-state index contributed by atoms with van der Waals surface area (Å²) in [5, 5.41) is 1.86. The number of aromatic nitrogens is 2. The van der Waals surface area contributed by atoms with E-state index in [4.69, 9.17) is 9.47 Å². The third-order valence-electron chi connectivity index (χ3n) is 3.65. The molecule has 0 aliphatic carbocycles. The van der Waals surface area contributed by atoms with E-state index in [1.54, 1.807) is 12.2 Å². The molecule has 6 nitrogen and oxygen atoms in total. The number of hydrogen-bond donors (Lipinski definition) is 0. The molecule has 0 aliphatic rings. The van der Waals surface area contributed by atoms with Gasteiger partial charge in [0.2, 0.25) is 0 Å². The summed E-state index contributed by atoms with van der Waals surface area (Å²) in [7, 11) is 0. The molecule has 2 aromatic heterocycles. The summed E-state index contributed by atoms with van der Waals surface area (Å²) in [5.41, 5.74) is 1.91. The van der Waals surface area contributed by atoms with Gasteiger partial charge in [0, 0.05) is 23.2 Å². The zero-order chi connectivity index (χ0) is 19.2. The Labute approximate surface area is 160 Å². The summed E-state index contributed by atoms with van der Waals surface area (Å²) in [6.45, 7) is 5.82. The quantitative estimate of drug-likeness (QED) is 0.356. The second kappa shape index (κ2) is 8.46. The molecule has 0 N–H and O–H groups in total. The molecule has 0 spiro atoms. The van der Waals surface area contributed by atoms with Crippen LogP contribution in [0.4, 0.5) is 0 Å². The van der Waals surface area contributed by atoms with E-state index in [0.29, 0.717) is 17.3 Å². The fourth-order valence-corrected chi connectivity index (χ4v) is 3.25. The molecule has 0 amide bonds. The van der Waals surface area contributed by atoms with Gasteiger partial charge in [0.1, 0.15) is 19.0 Å². The van der Waals surface area contributed by atoms with Gasteiger partial charge in [0.25, 0.3) is 5.56 Å². The summed E-state index contributed by atoms with van der Waals surface area (Å²) in [6.07, 6.45) is 4.65. The van der Waals surface area contributed by atoms with Gasteiger partial charge in [-0.05, 0) is 30.7 Å². The smallest absolute Gasteiger partial charge is 0.331 e. The normalized spacial score (nSPS) is 11.0. The Morgan fingerprint density at radius 2 is 2.11 bits per heavy atom. The average molecular weight is 382 g/mol. The summed E-state index contributed by atoms with van der Waals surface area (Å²) in [6, 6.07) is 8.66. The topological polar surface area (TPSA) is 69.9 Å². The number of ether oxygens (including phenoxy) is 2. The van der Waals surface area contributed by atoms with E-state index in [9.17, 15) is 9.59 Å². The van der Waals surface area contributed by atoms with Crippen molar-refractivity contribution in [1.82, 2.24) is 9.38 Å². The summed E-state index contributed by atoms with van der Waals surface area (Å²) in [5.74, 6) is 0.220. The van der Waals surface area contributed by atoms with Crippen LogP contribution in [-0.4, -0.2) is 22.0 Å². The number of nitrogens with zero attached hydrogens (tertiary/aromatic N) is 2. The van der Waals surface area contributed by atoms with Crippen LogP contribution >= 0.6 is 11.3 Å². The van der Waals surface area contributed by atoms with E-state index in [-0.39, 0.29) is 12.2 Å². The number of hydrogen-bond acceptors (Lipinski definition) is 6. The molecule has 0 saturated heterocycles. The third-order valence-corrected chi connectivity index (χ3v) is 4.59. The first-order chi connectivity index (χ1) is 13.1. The predicted octanol–water partition coefficient (Wildman–Crippen LogP) is 3.39. The number of rotatable bonds is 7. The molecule has 0 aliphatic heterocycles. The Bertz CT molecular complexity index is 1050. The summed E-state index contributed by atoms with van der Waals surface area (Å²) in [4.78, 5) is 28.9. The Kier molecular flexibility index (Phi) is 5.83. The van der Waals surface area contributed by atoms with Crippen molar-refractivity contribution in [2.75, 3.05) is 6.61 Å². The van der Waals surface area contributed by atoms with Crippen LogP contribution in [0.1, 0.15) is 17.0 Å². The number of benzene rings is 1. The molecule has 0 bridgehead atoms. The number of aryl methyl sites for hydroxylation is 1. The lowest BCUT2D eigenvalue weighted by molar-refractivity contribution is -0.139. The van der Waals surface area contributed by atoms with Gasteiger partial charge in [-0.2, -0.15) is 0 Å². The molecule has 0 atom stereocenters. The highest BCUT2D eigenvalue weighted by molar-refractivity contribution is 7.15. The Morgan fingerprint density at radius 1 is 1.33 bits per heavy atom. The lowest BCUT2D eigenvalue weighted by atomic mass is 10.2. The first kappa shape index (κ1) is 18.6. The van der Waals surface area contributed by atoms with Crippen LogP contribution < -0.4 is 10.3 Å². The predicted molar refractivity (Wildman–Crippen MR) is 105 cm³/mol. The Balaban J connectivity index is 1.58. The van der Waals surface area contributed by atoms with Crippen LogP contribution in [-0.2, 0) is 16.1 Å². The SMILES string of the molecule is C=CCOc1ccc(/C=C/C(=O)OCc2cc(=O)n3c(C)csc3n2)cc1. The van der Waals surface area contributed by atoms with Crippen molar-refractivity contribution in [3.05, 3.63) is 81.7 Å². The van der Waals surface area contributed by atoms with E-state index >= 15 is 0 Å². The molecule has 3 aromatic rings. The minimum absolute atomic E-state index is 0.0554. The first-order valence-corrected chi connectivity index (χ1v) is 9.10. The summed E-state index contributed by atoms with van der Waals surface area (Å²) >= 11 is 1.37. The average Bonchev–Trinajstić information content (AvgIpc) is 3.05. The number of fused-ring (bicyclic) bond motifs is 1. The van der Waals surface area contributed by atoms with Gasteiger partial charge in [0.05, 0.1) is 5.69 Å². The maximum absolute atomic E-state index is 12.1. The molecule has 1 aromatic carbocycles. The minimum Gasteiger partial charge on any atom is -0.490 e. The van der Waals surface area contributed by atoms with E-state index in [2.05, 4.69) is 11.6 Å². The molecule has 2 heterocycles. The van der Waals surface area contributed by atoms with Crippen molar-refractivity contribution in [3.63, 3.8) is 0 Å². The van der Waals surface area contributed by atoms with Crippen molar-refractivity contribution in [1.29, 1.82) is 0 Å². The molecule has 27 heavy (non-hydrogen) atoms. The first-order valence-electron chi connectivity index (χ1n) is 8.22. The fourth-order valence-electron chi connectivity index (χ4n) is 2.36. The van der Waals surface area contributed by atoms with Crippen molar-refractivity contribution < 1.29 is 14.3 Å². The third kappa shape index (κ3) is 4.71. The maximum atomic E-state index is 12.1. The van der Waals surface area contributed by atoms with Crippen molar-refractivity contribution in [2.45, 2.75) is 13.5 Å². The Morgan fingerprint density at radius 3 is 2.85 bits per heavy atom. The van der Waals surface area contributed by atoms with Gasteiger partial charge in [-0.15, -0.1) is 11.3 Å². The van der Waals surface area contributed by atoms with Crippen LogP contribution in [0.3, 0.4) is 0 Å². The van der Waals surface area contributed by atoms with Crippen LogP contribution in [0.2, 0.25) is 0 Å². The van der Waals surface area contributed by atoms with Gasteiger partial charge >= 0.3 is 5.97 Å². The molecule has 3 rings (SSSR count). The van der Waals surface area contributed by atoms with Crippen LogP contribution in [0.15, 0.2) is 59.2 Å². The zero-order valence-corrected chi connectivity index (χ0v) is 15.6. The molecule has 0 unspecified atom stereocenters. The van der Waals surface area contributed by atoms with E-state index < -0.39 is 5.97 Å². The summed E-state index contributed by atoms with van der Waals surface area (Å²) < 4.78 is 12.1. The van der Waals surface area contributed by atoms with Crippen molar-refractivity contribution >= 4 is 28.3 Å². The second-order valence-corrected chi connectivity index (χ2v) is 6.53. The molecular weight excluding hydrogens is 364 g/mol. The van der Waals surface area contributed by atoms with E-state index in [1.807, 2.05) is 36.6 Å². The number of carbonyl (C=O) groups excluding carboxylic acids is 1. The largest absolute Gasteiger partial charge is 0.490 e. The molecule has 0 fully saturated rings. The maximum Gasteiger partial charge on any atom is 0.331 e. The number of esters is 1. The highest BCUT2D eigenvalue weighted by Gasteiger charge is 2.07. The zero-order valence-electron chi connectivity index (χ0n) is 14.8. The van der Waals surface area contributed by atoms with E-state index in [0.717, 1.165) is 17.0 Å². The van der Waals surface area contributed by atoms with Gasteiger partial charge in [0.15, 0.2) is 4.96 Å². The van der Waals surface area contributed by atoms with Gasteiger partial charge < -0.3 is 9.47 Å². The van der Waals surface area contributed by atoms with Gasteiger partial charge in [-0.1, -0.05) is 24.8 Å². The Hall–Kier alpha value is -3.19. The van der Waals surface area contributed by atoms with Crippen LogP contribution in [0, 0.1) is 6.92 Å². The molecule has 138 valence electrons. The van der Waals surface area contributed by atoms with Crippen LogP contribution in [0.25, 0.3) is 11.0 Å². The lowest BCUT2D eigenvalue weighted by Crippen LogP contribution is -2.16. The highest BCUT2D eigenvalue weighted by atomic mass is 32.1. The van der Waals surface area contributed by atoms with Crippen molar-refractivity contribution in [3.8, 4) is 5.75 Å². The van der Waals surface area contributed by atoms with Gasteiger partial charge in [-0.3, -0.25) is 9.20 Å². The van der Waals surface area contributed by atoms with E-state index in [1.165, 1.54) is 27.9 Å². The lowest BCUT2D eigenvalue weighted by Gasteiger charge is -2.03. The molecular formula is C20H18N2O4S. The highest BCUT2D eigenvalue weighted by Crippen LogP contribution is 2.14. The second-order valence-electron chi connectivity index (χ2n) is 5.69. The minimum atomic E-state index is -0.508. The fraction of sp³-hybridized carbons (Fsp3) is 0.150. The van der Waals surface area contributed by atoms with Gasteiger partial charge in [-0.25, -0.2) is 9.78 Å². The monoisotopic (exact) mass is 382 g/mol. The standard InChI is InChI=1S/C20H18N2O4S/c1-3-10-25-17-7-4-15(5-8-17)6-9-19(24)26-12-16-11-18(23)22-14(2)13-27-20(22)21-16/h3-9,11,13H,1,10,12H2,2H3/b9-6+. The van der Waals surface area contributed by atoms with Crippen LogP contribution in [0.5, 0.6) is 5.75 Å². The van der Waals surface area contributed by atoms with Crippen molar-refractivity contribution in [2.24, 2.45) is 0 Å². The molecule has 0 radical (unpaired) electrons. The number of carbonyl (C=O) groups is 1. The molecule has 7 heteroatoms. The molecule has 0 saturated carbocycles.